The largest absolute Gasteiger partial charge is 0.377 e. The van der Waals surface area contributed by atoms with Gasteiger partial charge in [0.2, 0.25) is 5.91 Å². The van der Waals surface area contributed by atoms with Gasteiger partial charge >= 0.3 is 0 Å². The maximum Gasteiger partial charge on any atom is 0.225 e. The first-order valence-electron chi connectivity index (χ1n) is 7.28. The molecule has 1 heterocycles. The van der Waals surface area contributed by atoms with Crippen molar-refractivity contribution in [1.29, 1.82) is 0 Å². The lowest BCUT2D eigenvalue weighted by molar-refractivity contribution is -0.126. The Balaban J connectivity index is 2.36. The van der Waals surface area contributed by atoms with Crippen molar-refractivity contribution in [3.8, 4) is 0 Å². The van der Waals surface area contributed by atoms with E-state index in [0.29, 0.717) is 19.1 Å². The van der Waals surface area contributed by atoms with Gasteiger partial charge in [0.15, 0.2) is 0 Å². The second-order valence-corrected chi connectivity index (χ2v) is 5.20. The Kier molecular flexibility index (Phi) is 6.65. The molecule has 0 saturated carbocycles. The van der Waals surface area contributed by atoms with E-state index < -0.39 is 0 Å². The van der Waals surface area contributed by atoms with Crippen LogP contribution in [-0.4, -0.2) is 31.2 Å². The zero-order chi connectivity index (χ0) is 13.5. The van der Waals surface area contributed by atoms with Crippen LogP contribution in [0.15, 0.2) is 0 Å². The molecule has 18 heavy (non-hydrogen) atoms. The van der Waals surface area contributed by atoms with E-state index in [1.807, 2.05) is 0 Å². The Bertz CT molecular complexity index is 254. The number of amides is 1. The molecule has 3 unspecified atom stereocenters. The van der Waals surface area contributed by atoms with Crippen LogP contribution < -0.4 is 11.1 Å². The van der Waals surface area contributed by atoms with Crippen molar-refractivity contribution in [3.05, 3.63) is 0 Å². The number of carbonyl (C=O) groups excluding carboxylic acids is 1. The summed E-state index contributed by atoms with van der Waals surface area (Å²) in [6.07, 6.45) is 3.96. The van der Waals surface area contributed by atoms with E-state index in [9.17, 15) is 4.79 Å². The molecule has 1 aliphatic rings. The van der Waals surface area contributed by atoms with Gasteiger partial charge in [-0.25, -0.2) is 0 Å². The predicted molar refractivity (Wildman–Crippen MR) is 73.2 cm³/mol. The van der Waals surface area contributed by atoms with Gasteiger partial charge in [0.25, 0.3) is 0 Å². The van der Waals surface area contributed by atoms with E-state index in [1.165, 1.54) is 0 Å². The SMILES string of the molecule is CCC(CC)C(N)CNC(=O)C1CCOC1CC. The van der Waals surface area contributed by atoms with Gasteiger partial charge in [-0.1, -0.05) is 33.6 Å². The van der Waals surface area contributed by atoms with E-state index >= 15 is 0 Å². The van der Waals surface area contributed by atoms with Crippen molar-refractivity contribution in [1.82, 2.24) is 5.32 Å². The van der Waals surface area contributed by atoms with Crippen LogP contribution in [0, 0.1) is 11.8 Å². The highest BCUT2D eigenvalue weighted by Gasteiger charge is 2.32. The van der Waals surface area contributed by atoms with Crippen molar-refractivity contribution in [2.75, 3.05) is 13.2 Å². The third-order valence-corrected chi connectivity index (χ3v) is 4.11. The Morgan fingerprint density at radius 3 is 2.61 bits per heavy atom. The fourth-order valence-electron chi connectivity index (χ4n) is 2.76. The summed E-state index contributed by atoms with van der Waals surface area (Å²) < 4.78 is 5.54. The Morgan fingerprint density at radius 1 is 1.39 bits per heavy atom. The monoisotopic (exact) mass is 256 g/mol. The first-order valence-corrected chi connectivity index (χ1v) is 7.28. The summed E-state index contributed by atoms with van der Waals surface area (Å²) in [5.74, 6) is 0.622. The molecule has 1 fully saturated rings. The highest BCUT2D eigenvalue weighted by Crippen LogP contribution is 2.23. The first kappa shape index (κ1) is 15.4. The zero-order valence-electron chi connectivity index (χ0n) is 11.9. The number of nitrogens with one attached hydrogen (secondary N) is 1. The van der Waals surface area contributed by atoms with Crippen LogP contribution in [0.25, 0.3) is 0 Å². The van der Waals surface area contributed by atoms with Crippen LogP contribution >= 0.6 is 0 Å². The van der Waals surface area contributed by atoms with Gasteiger partial charge in [0.1, 0.15) is 0 Å². The average molecular weight is 256 g/mol. The summed E-state index contributed by atoms with van der Waals surface area (Å²) in [6.45, 7) is 7.64. The molecular weight excluding hydrogens is 228 g/mol. The molecule has 0 radical (unpaired) electrons. The number of nitrogens with two attached hydrogens (primary N) is 1. The van der Waals surface area contributed by atoms with Crippen molar-refractivity contribution >= 4 is 5.91 Å². The summed E-state index contributed by atoms with van der Waals surface area (Å²) in [4.78, 5) is 12.1. The second-order valence-electron chi connectivity index (χ2n) is 5.20. The van der Waals surface area contributed by atoms with Crippen LogP contribution in [0.3, 0.4) is 0 Å². The molecule has 0 bridgehead atoms. The van der Waals surface area contributed by atoms with Crippen LogP contribution in [0.1, 0.15) is 46.5 Å². The molecular formula is C14H28N2O2. The van der Waals surface area contributed by atoms with Gasteiger partial charge in [0.05, 0.1) is 12.0 Å². The van der Waals surface area contributed by atoms with Crippen molar-refractivity contribution in [2.45, 2.75) is 58.6 Å². The van der Waals surface area contributed by atoms with Crippen LogP contribution in [0.4, 0.5) is 0 Å². The van der Waals surface area contributed by atoms with E-state index in [2.05, 4.69) is 26.1 Å². The third-order valence-electron chi connectivity index (χ3n) is 4.11. The number of carbonyl (C=O) groups is 1. The van der Waals surface area contributed by atoms with Crippen molar-refractivity contribution < 1.29 is 9.53 Å². The molecule has 0 spiro atoms. The fraction of sp³-hybridized carbons (Fsp3) is 0.929. The summed E-state index contributed by atoms with van der Waals surface area (Å²) >= 11 is 0. The molecule has 3 atom stereocenters. The smallest absolute Gasteiger partial charge is 0.225 e. The summed E-state index contributed by atoms with van der Waals surface area (Å²) in [5.41, 5.74) is 6.11. The zero-order valence-corrected chi connectivity index (χ0v) is 11.9. The molecule has 0 aromatic rings. The van der Waals surface area contributed by atoms with E-state index in [-0.39, 0.29) is 24.0 Å². The maximum absolute atomic E-state index is 12.1. The van der Waals surface area contributed by atoms with Gasteiger partial charge in [0, 0.05) is 19.2 Å². The van der Waals surface area contributed by atoms with E-state index in [4.69, 9.17) is 10.5 Å². The molecule has 1 saturated heterocycles. The summed E-state index contributed by atoms with van der Waals surface area (Å²) in [6, 6.07) is 0.0614. The summed E-state index contributed by atoms with van der Waals surface area (Å²) in [5, 5.41) is 2.99. The first-order chi connectivity index (χ1) is 8.63. The molecule has 1 amide bonds. The molecule has 0 aromatic heterocycles. The number of hydrogen-bond donors (Lipinski definition) is 2. The molecule has 4 heteroatoms. The Labute approximate surface area is 111 Å². The highest BCUT2D eigenvalue weighted by atomic mass is 16.5. The fourth-order valence-corrected chi connectivity index (χ4v) is 2.76. The quantitative estimate of drug-likeness (QED) is 0.728. The lowest BCUT2D eigenvalue weighted by Crippen LogP contribution is -2.44. The minimum Gasteiger partial charge on any atom is -0.377 e. The number of hydrogen-bond acceptors (Lipinski definition) is 3. The molecule has 106 valence electrons. The number of rotatable bonds is 7. The second kappa shape index (κ2) is 7.74. The van der Waals surface area contributed by atoms with Crippen LogP contribution in [0.2, 0.25) is 0 Å². The molecule has 1 rings (SSSR count). The summed E-state index contributed by atoms with van der Waals surface area (Å²) in [7, 11) is 0. The number of ether oxygens (including phenoxy) is 1. The van der Waals surface area contributed by atoms with Gasteiger partial charge < -0.3 is 15.8 Å². The van der Waals surface area contributed by atoms with Gasteiger partial charge in [-0.05, 0) is 18.8 Å². The lowest BCUT2D eigenvalue weighted by Gasteiger charge is -2.23. The Hall–Kier alpha value is -0.610. The Morgan fingerprint density at radius 2 is 2.06 bits per heavy atom. The van der Waals surface area contributed by atoms with Crippen LogP contribution in [-0.2, 0) is 9.53 Å². The highest BCUT2D eigenvalue weighted by molar-refractivity contribution is 5.79. The topological polar surface area (TPSA) is 64.3 Å². The minimum atomic E-state index is 0.0175. The maximum atomic E-state index is 12.1. The van der Waals surface area contributed by atoms with Crippen molar-refractivity contribution in [2.24, 2.45) is 17.6 Å². The predicted octanol–water partition coefficient (Wildman–Crippen LogP) is 1.68. The normalized spacial score (nSPS) is 25.4. The molecule has 1 aliphatic heterocycles. The molecule has 0 aromatic carbocycles. The minimum absolute atomic E-state index is 0.0175. The van der Waals surface area contributed by atoms with Gasteiger partial charge in [-0.15, -0.1) is 0 Å². The van der Waals surface area contributed by atoms with Gasteiger partial charge in [-0.2, -0.15) is 0 Å². The molecule has 0 aliphatic carbocycles. The third kappa shape index (κ3) is 3.95. The molecule has 4 nitrogen and oxygen atoms in total. The lowest BCUT2D eigenvalue weighted by atomic mass is 9.94. The average Bonchev–Trinajstić information content (AvgIpc) is 2.85. The van der Waals surface area contributed by atoms with Crippen molar-refractivity contribution in [3.63, 3.8) is 0 Å². The standard InChI is InChI=1S/C14H28N2O2/c1-4-10(5-2)12(15)9-16-14(17)11-7-8-18-13(11)6-3/h10-13H,4-9,15H2,1-3H3,(H,16,17). The molecule has 3 N–H and O–H groups in total. The van der Waals surface area contributed by atoms with Gasteiger partial charge in [-0.3, -0.25) is 4.79 Å². The van der Waals surface area contributed by atoms with E-state index in [1.54, 1.807) is 0 Å². The van der Waals surface area contributed by atoms with E-state index in [0.717, 1.165) is 25.7 Å². The van der Waals surface area contributed by atoms with Crippen LogP contribution in [0.5, 0.6) is 0 Å².